The molecule has 0 saturated heterocycles. The minimum Gasteiger partial charge on any atom is -0.298 e. The molecule has 0 heterocycles. The van der Waals surface area contributed by atoms with Crippen molar-refractivity contribution in [1.29, 1.82) is 0 Å². The molecular weight excluding hydrogens is 260 g/mol. The second kappa shape index (κ2) is 6.75. The molecule has 0 saturated carbocycles. The minimum absolute atomic E-state index is 0.0375. The Kier molecular flexibility index (Phi) is 6.73. The van der Waals surface area contributed by atoms with Crippen LogP contribution in [0.5, 0.6) is 0 Å². The number of carbonyl (C=O) groups is 1. The third-order valence-corrected chi connectivity index (χ3v) is 6.24. The highest BCUT2D eigenvalue weighted by Crippen LogP contribution is 2.43. The molecule has 0 amide bonds. The Hall–Kier alpha value is -0.0700. The summed E-state index contributed by atoms with van der Waals surface area (Å²) >= 11 is 0. The number of ketones is 1. The summed E-state index contributed by atoms with van der Waals surface area (Å²) in [7, 11) is -5.34. The van der Waals surface area contributed by atoms with Crippen molar-refractivity contribution in [2.45, 2.75) is 33.6 Å². The Balaban J connectivity index is 4.48. The van der Waals surface area contributed by atoms with Crippen LogP contribution in [0.3, 0.4) is 0 Å². The van der Waals surface area contributed by atoms with E-state index in [-0.39, 0.29) is 23.2 Å². The molecule has 4 nitrogen and oxygen atoms in total. The first-order valence-corrected chi connectivity index (χ1v) is 9.89. The van der Waals surface area contributed by atoms with Crippen LogP contribution in [0.4, 0.5) is 0 Å². The zero-order chi connectivity index (χ0) is 13.7. The van der Waals surface area contributed by atoms with Gasteiger partial charge in [-0.15, -0.1) is 10.3 Å². The first kappa shape index (κ1) is 16.9. The lowest BCUT2D eigenvalue weighted by Gasteiger charge is -2.29. The fraction of sp³-hybridized carbons (Fsp3) is 0.909. The zero-order valence-electron chi connectivity index (χ0n) is 11.4. The van der Waals surface area contributed by atoms with Gasteiger partial charge in [-0.2, -0.15) is 8.42 Å². The van der Waals surface area contributed by atoms with E-state index in [4.69, 9.17) is 3.63 Å². The highest BCUT2D eigenvalue weighted by atomic mass is 32.3. The van der Waals surface area contributed by atoms with E-state index < -0.39 is 20.4 Å². The highest BCUT2D eigenvalue weighted by molar-refractivity contribution is 8.32. The van der Waals surface area contributed by atoms with E-state index in [1.807, 2.05) is 20.8 Å². The number of hydrogen-bond donors (Lipinski definition) is 0. The van der Waals surface area contributed by atoms with E-state index in [1.165, 1.54) is 0 Å². The molecular formula is C11H24O4S2. The van der Waals surface area contributed by atoms with Crippen LogP contribution >= 0.6 is 10.3 Å². The predicted molar refractivity (Wildman–Crippen MR) is 73.9 cm³/mol. The lowest BCUT2D eigenvalue weighted by molar-refractivity contribution is -0.119. The van der Waals surface area contributed by atoms with E-state index in [2.05, 4.69) is 0 Å². The number of hydrogen-bond acceptors (Lipinski definition) is 4. The molecule has 0 atom stereocenters. The van der Waals surface area contributed by atoms with Crippen LogP contribution in [0.2, 0.25) is 0 Å². The normalized spacial score (nSPS) is 14.0. The molecule has 0 aromatic heterocycles. The van der Waals surface area contributed by atoms with Crippen LogP contribution in [-0.2, 0) is 18.5 Å². The second-order valence-electron chi connectivity index (χ2n) is 4.89. The summed E-state index contributed by atoms with van der Waals surface area (Å²) in [5, 5.41) is 0. The summed E-state index contributed by atoms with van der Waals surface area (Å²) in [6.45, 7) is 5.54. The number of unbranched alkanes of at least 4 members (excludes halogenated alkanes) is 1. The molecule has 0 radical (unpaired) electrons. The summed E-state index contributed by atoms with van der Waals surface area (Å²) in [4.78, 5) is 11.6. The molecule has 0 aliphatic heterocycles. The quantitative estimate of drug-likeness (QED) is 0.686. The lowest BCUT2D eigenvalue weighted by atomic mass is 10.1. The maximum atomic E-state index is 11.6. The van der Waals surface area contributed by atoms with Crippen molar-refractivity contribution in [3.63, 3.8) is 0 Å². The van der Waals surface area contributed by atoms with Gasteiger partial charge < -0.3 is 0 Å². The SMILES string of the molecule is CCCCS(=O)(=O)OS(C)(C)CC(=O)C(C)C. The number of rotatable bonds is 8. The van der Waals surface area contributed by atoms with Crippen LogP contribution in [-0.4, -0.2) is 38.2 Å². The third-order valence-electron chi connectivity index (χ3n) is 2.17. The molecule has 0 aliphatic carbocycles. The Labute approximate surface area is 107 Å². The fourth-order valence-electron chi connectivity index (χ4n) is 1.17. The van der Waals surface area contributed by atoms with Crippen molar-refractivity contribution in [3.05, 3.63) is 0 Å². The first-order chi connectivity index (χ1) is 7.59. The van der Waals surface area contributed by atoms with Gasteiger partial charge in [0, 0.05) is 5.92 Å². The molecule has 0 spiro atoms. The van der Waals surface area contributed by atoms with Crippen LogP contribution < -0.4 is 0 Å². The zero-order valence-corrected chi connectivity index (χ0v) is 13.0. The van der Waals surface area contributed by atoms with Crippen molar-refractivity contribution in [2.24, 2.45) is 5.92 Å². The lowest BCUT2D eigenvalue weighted by Crippen LogP contribution is -2.22. The molecule has 0 aromatic rings. The molecule has 0 aromatic carbocycles. The standard InChI is InChI=1S/C11H24O4S2/c1-6-7-8-17(13,14)15-16(4,5)9-11(12)10(2)3/h10H,6-9H2,1-5H3. The summed E-state index contributed by atoms with van der Waals surface area (Å²) < 4.78 is 28.5. The van der Waals surface area contributed by atoms with Crippen LogP contribution in [0.25, 0.3) is 0 Å². The van der Waals surface area contributed by atoms with E-state index >= 15 is 0 Å². The Morgan fingerprint density at radius 3 is 2.18 bits per heavy atom. The topological polar surface area (TPSA) is 60.4 Å². The summed E-state index contributed by atoms with van der Waals surface area (Å²) in [5.41, 5.74) is 0. The van der Waals surface area contributed by atoms with Gasteiger partial charge in [-0.1, -0.05) is 27.2 Å². The summed E-state index contributed by atoms with van der Waals surface area (Å²) in [5.74, 6) is 0.214. The van der Waals surface area contributed by atoms with Gasteiger partial charge in [0.15, 0.2) is 0 Å². The van der Waals surface area contributed by atoms with E-state index in [1.54, 1.807) is 12.5 Å². The average Bonchev–Trinajstić information content (AvgIpc) is 2.12. The molecule has 0 fully saturated rings. The third kappa shape index (κ3) is 7.78. The molecule has 17 heavy (non-hydrogen) atoms. The van der Waals surface area contributed by atoms with Gasteiger partial charge in [-0.3, -0.25) is 4.79 Å². The number of Topliss-reactive ketones (excluding diaryl/α,β-unsaturated/α-hetero) is 1. The van der Waals surface area contributed by atoms with Crippen molar-refractivity contribution >= 4 is 26.2 Å². The molecule has 6 heteroatoms. The average molecular weight is 284 g/mol. The molecule has 0 aliphatic rings. The van der Waals surface area contributed by atoms with Gasteiger partial charge >= 0.3 is 0 Å². The molecule has 104 valence electrons. The van der Waals surface area contributed by atoms with Gasteiger partial charge in [0.1, 0.15) is 5.78 Å². The summed E-state index contributed by atoms with van der Waals surface area (Å²) in [6.07, 6.45) is 4.84. The van der Waals surface area contributed by atoms with E-state index in [9.17, 15) is 13.2 Å². The molecule has 0 bridgehead atoms. The molecule has 0 unspecified atom stereocenters. The smallest absolute Gasteiger partial charge is 0.276 e. The van der Waals surface area contributed by atoms with Crippen molar-refractivity contribution in [3.8, 4) is 0 Å². The van der Waals surface area contributed by atoms with Gasteiger partial charge in [-0.05, 0) is 18.9 Å². The first-order valence-electron chi connectivity index (χ1n) is 5.77. The van der Waals surface area contributed by atoms with Crippen molar-refractivity contribution < 1.29 is 16.8 Å². The Morgan fingerprint density at radius 2 is 1.76 bits per heavy atom. The molecule has 0 N–H and O–H groups in total. The van der Waals surface area contributed by atoms with Gasteiger partial charge in [-0.25, -0.2) is 3.63 Å². The van der Waals surface area contributed by atoms with Gasteiger partial charge in [0.05, 0.1) is 11.5 Å². The van der Waals surface area contributed by atoms with Crippen molar-refractivity contribution in [2.75, 3.05) is 24.0 Å². The highest BCUT2D eigenvalue weighted by Gasteiger charge is 2.25. The van der Waals surface area contributed by atoms with Gasteiger partial charge in [0.25, 0.3) is 10.1 Å². The monoisotopic (exact) mass is 284 g/mol. The molecule has 0 rings (SSSR count). The van der Waals surface area contributed by atoms with Crippen LogP contribution in [0.15, 0.2) is 0 Å². The van der Waals surface area contributed by atoms with Crippen LogP contribution in [0, 0.1) is 5.92 Å². The van der Waals surface area contributed by atoms with E-state index in [0.29, 0.717) is 6.42 Å². The van der Waals surface area contributed by atoms with Crippen LogP contribution in [0.1, 0.15) is 33.6 Å². The maximum absolute atomic E-state index is 11.6. The minimum atomic E-state index is -3.49. The summed E-state index contributed by atoms with van der Waals surface area (Å²) in [6, 6.07) is 0. The number of carbonyl (C=O) groups excluding carboxylic acids is 1. The Morgan fingerprint density at radius 1 is 1.24 bits per heavy atom. The van der Waals surface area contributed by atoms with Gasteiger partial charge in [0.2, 0.25) is 0 Å². The van der Waals surface area contributed by atoms with E-state index in [0.717, 1.165) is 6.42 Å². The largest absolute Gasteiger partial charge is 0.298 e. The Bertz CT molecular complexity index is 344. The maximum Gasteiger partial charge on any atom is 0.276 e. The van der Waals surface area contributed by atoms with Crippen molar-refractivity contribution in [1.82, 2.24) is 0 Å². The second-order valence-corrected chi connectivity index (χ2v) is 10.1. The predicted octanol–water partition coefficient (Wildman–Crippen LogP) is 2.34. The fourth-order valence-corrected chi connectivity index (χ4v) is 5.54.